The molecule has 0 bridgehead atoms. The molecule has 0 unspecified atom stereocenters. The fraction of sp³-hybridized carbons (Fsp3) is 0.357. The van der Waals surface area contributed by atoms with Crippen molar-refractivity contribution in [1.82, 2.24) is 9.80 Å². The number of nitrogens with zero attached hydrogens (tertiary/aromatic N) is 2. The Morgan fingerprint density at radius 1 is 1.27 bits per heavy atom. The minimum absolute atomic E-state index is 0.153. The van der Waals surface area contributed by atoms with Gasteiger partial charge in [-0.25, -0.2) is 0 Å². The second-order valence-corrected chi connectivity index (χ2v) is 8.49. The van der Waals surface area contributed by atoms with Gasteiger partial charge in [-0.1, -0.05) is 0 Å². The summed E-state index contributed by atoms with van der Waals surface area (Å²) in [5.74, 6) is -0.535. The van der Waals surface area contributed by atoms with Crippen molar-refractivity contribution < 1.29 is 14.4 Å². The summed E-state index contributed by atoms with van der Waals surface area (Å²) in [4.78, 5) is 40.4. The van der Waals surface area contributed by atoms with E-state index in [1.165, 1.54) is 11.3 Å². The van der Waals surface area contributed by atoms with Crippen molar-refractivity contribution in [3.05, 3.63) is 25.7 Å². The first-order valence-corrected chi connectivity index (χ1v) is 9.25. The zero-order valence-corrected chi connectivity index (χ0v) is 14.8. The number of thiophene rings is 1. The van der Waals surface area contributed by atoms with E-state index in [-0.39, 0.29) is 23.6 Å². The summed E-state index contributed by atoms with van der Waals surface area (Å²) < 4.78 is 0.960. The molecule has 0 radical (unpaired) electrons. The molecule has 0 atom stereocenters. The van der Waals surface area contributed by atoms with Gasteiger partial charge in [-0.05, 0) is 58.7 Å². The Kier molecular flexibility index (Phi) is 4.70. The molecule has 3 amide bonds. The monoisotopic (exact) mass is 400 g/mol. The predicted octanol–water partition coefficient (Wildman–Crippen LogP) is 3.17. The van der Waals surface area contributed by atoms with Crippen molar-refractivity contribution in [2.45, 2.75) is 12.8 Å². The van der Waals surface area contributed by atoms with E-state index in [9.17, 15) is 14.4 Å². The predicted molar refractivity (Wildman–Crippen MR) is 90.5 cm³/mol. The highest BCUT2D eigenvalue weighted by atomic mass is 79.9. The van der Waals surface area contributed by atoms with Crippen molar-refractivity contribution in [3.63, 3.8) is 0 Å². The molecule has 2 aliphatic heterocycles. The van der Waals surface area contributed by atoms with Gasteiger partial charge in [0.2, 0.25) is 5.91 Å². The van der Waals surface area contributed by atoms with Gasteiger partial charge in [-0.15, -0.1) is 11.3 Å². The number of halogens is 1. The van der Waals surface area contributed by atoms with E-state index in [4.69, 9.17) is 0 Å². The third-order valence-corrected chi connectivity index (χ3v) is 5.97. The molecule has 22 heavy (non-hydrogen) atoms. The number of hydrogen-bond acceptors (Lipinski definition) is 5. The Balaban J connectivity index is 1.71. The summed E-state index contributed by atoms with van der Waals surface area (Å²) in [5.41, 5.74) is 0. The average Bonchev–Trinajstić information content (AvgIpc) is 3.18. The van der Waals surface area contributed by atoms with E-state index >= 15 is 0 Å². The molecule has 0 saturated carbocycles. The van der Waals surface area contributed by atoms with Crippen molar-refractivity contribution in [3.8, 4) is 0 Å². The number of amides is 3. The topological polar surface area (TPSA) is 57.7 Å². The fourth-order valence-electron chi connectivity index (χ4n) is 2.37. The third-order valence-electron chi connectivity index (χ3n) is 3.49. The second kappa shape index (κ2) is 6.55. The van der Waals surface area contributed by atoms with Crippen LogP contribution in [-0.2, 0) is 9.59 Å². The van der Waals surface area contributed by atoms with E-state index in [1.54, 1.807) is 11.0 Å². The van der Waals surface area contributed by atoms with Crippen molar-refractivity contribution in [2.24, 2.45) is 0 Å². The summed E-state index contributed by atoms with van der Waals surface area (Å²) in [6, 6.07) is 3.76. The minimum Gasteiger partial charge on any atom is -0.341 e. The maximum atomic E-state index is 12.3. The molecule has 2 saturated heterocycles. The molecule has 0 N–H and O–H groups in total. The second-order valence-electron chi connectivity index (χ2n) is 5.00. The van der Waals surface area contributed by atoms with Gasteiger partial charge in [0.15, 0.2) is 0 Å². The van der Waals surface area contributed by atoms with Gasteiger partial charge in [-0.3, -0.25) is 19.3 Å². The summed E-state index contributed by atoms with van der Waals surface area (Å²) in [5, 5.41) is -0.376. The molecule has 3 heterocycles. The Hall–Kier alpha value is -1.12. The van der Waals surface area contributed by atoms with Crippen LogP contribution in [0.5, 0.6) is 0 Å². The standard InChI is InChI=1S/C14H13BrN2O3S2/c15-11-4-3-9(21-11)7-10-13(19)17(14(20)22-10)8-12(18)16-5-1-2-6-16/h3-4,7H,1-2,5-6,8H2. The number of thioether (sulfide) groups is 1. The minimum atomic E-state index is -0.382. The fourth-order valence-corrected chi connectivity index (χ4v) is 4.64. The maximum Gasteiger partial charge on any atom is 0.294 e. The lowest BCUT2D eigenvalue weighted by Gasteiger charge is -2.18. The van der Waals surface area contributed by atoms with Gasteiger partial charge >= 0.3 is 0 Å². The number of imide groups is 1. The highest BCUT2D eigenvalue weighted by Gasteiger charge is 2.37. The number of hydrogen-bond donors (Lipinski definition) is 0. The number of carbonyl (C=O) groups is 3. The number of likely N-dealkylation sites (tertiary alicyclic amines) is 1. The average molecular weight is 401 g/mol. The molecular weight excluding hydrogens is 388 g/mol. The molecule has 5 nitrogen and oxygen atoms in total. The summed E-state index contributed by atoms with van der Waals surface area (Å²) in [6.07, 6.45) is 3.67. The molecule has 1 aromatic heterocycles. The normalized spacial score (nSPS) is 20.5. The van der Waals surface area contributed by atoms with Crippen LogP contribution in [0, 0.1) is 0 Å². The number of rotatable bonds is 3. The van der Waals surface area contributed by atoms with Gasteiger partial charge < -0.3 is 4.90 Å². The summed E-state index contributed by atoms with van der Waals surface area (Å²) in [7, 11) is 0. The van der Waals surface area contributed by atoms with Gasteiger partial charge in [-0.2, -0.15) is 0 Å². The van der Waals surface area contributed by atoms with Crippen LogP contribution >= 0.6 is 39.0 Å². The SMILES string of the molecule is O=C(CN1C(=O)SC(=Cc2ccc(Br)s2)C1=O)N1CCCC1. The Labute approximate surface area is 144 Å². The zero-order chi connectivity index (χ0) is 15.7. The van der Waals surface area contributed by atoms with Crippen LogP contribution in [0.1, 0.15) is 17.7 Å². The Morgan fingerprint density at radius 3 is 2.64 bits per heavy atom. The first kappa shape index (κ1) is 15.8. The van der Waals surface area contributed by atoms with E-state index in [1.807, 2.05) is 12.1 Å². The first-order chi connectivity index (χ1) is 10.5. The molecule has 116 valence electrons. The van der Waals surface area contributed by atoms with Crippen LogP contribution in [0.3, 0.4) is 0 Å². The molecule has 1 aromatic rings. The van der Waals surface area contributed by atoms with E-state index < -0.39 is 0 Å². The van der Waals surface area contributed by atoms with Gasteiger partial charge in [0.1, 0.15) is 6.54 Å². The molecule has 2 fully saturated rings. The van der Waals surface area contributed by atoms with Crippen LogP contribution < -0.4 is 0 Å². The first-order valence-electron chi connectivity index (χ1n) is 6.83. The lowest BCUT2D eigenvalue weighted by molar-refractivity contribution is -0.135. The molecule has 2 aliphatic rings. The van der Waals surface area contributed by atoms with E-state index in [0.717, 1.165) is 38.2 Å². The van der Waals surface area contributed by atoms with Crippen LogP contribution in [0.4, 0.5) is 4.79 Å². The molecule has 0 spiro atoms. The quantitative estimate of drug-likeness (QED) is 0.731. The third kappa shape index (κ3) is 3.28. The van der Waals surface area contributed by atoms with E-state index in [0.29, 0.717) is 18.0 Å². The van der Waals surface area contributed by atoms with Gasteiger partial charge in [0.25, 0.3) is 11.1 Å². The van der Waals surface area contributed by atoms with Crippen LogP contribution in [0.2, 0.25) is 0 Å². The van der Waals surface area contributed by atoms with Gasteiger partial charge in [0.05, 0.1) is 8.69 Å². The van der Waals surface area contributed by atoms with Crippen molar-refractivity contribution in [1.29, 1.82) is 0 Å². The highest BCUT2D eigenvalue weighted by molar-refractivity contribution is 9.11. The highest BCUT2D eigenvalue weighted by Crippen LogP contribution is 2.34. The summed E-state index contributed by atoms with van der Waals surface area (Å²) in [6.45, 7) is 1.28. The Morgan fingerprint density at radius 2 is 2.00 bits per heavy atom. The van der Waals surface area contributed by atoms with Crippen molar-refractivity contribution in [2.75, 3.05) is 19.6 Å². The molecule has 3 rings (SSSR count). The van der Waals surface area contributed by atoms with Gasteiger partial charge in [0, 0.05) is 18.0 Å². The van der Waals surface area contributed by atoms with Crippen molar-refractivity contribution >= 4 is 62.2 Å². The molecule has 8 heteroatoms. The summed E-state index contributed by atoms with van der Waals surface area (Å²) >= 11 is 5.73. The molecular formula is C14H13BrN2O3S2. The molecule has 0 aromatic carbocycles. The smallest absolute Gasteiger partial charge is 0.294 e. The lowest BCUT2D eigenvalue weighted by atomic mass is 10.3. The molecule has 0 aliphatic carbocycles. The lowest BCUT2D eigenvalue weighted by Crippen LogP contribution is -2.40. The Bertz CT molecular complexity index is 665. The number of carbonyl (C=O) groups excluding carboxylic acids is 3. The van der Waals surface area contributed by atoms with E-state index in [2.05, 4.69) is 15.9 Å². The van der Waals surface area contributed by atoms with Crippen LogP contribution in [-0.4, -0.2) is 46.5 Å². The largest absolute Gasteiger partial charge is 0.341 e. The maximum absolute atomic E-state index is 12.3. The van der Waals surface area contributed by atoms with Crippen LogP contribution in [0.15, 0.2) is 20.8 Å². The zero-order valence-electron chi connectivity index (χ0n) is 11.6. The van der Waals surface area contributed by atoms with Crippen LogP contribution in [0.25, 0.3) is 6.08 Å².